The number of carbonyl (C=O) groups excluding carboxylic acids is 2. The lowest BCUT2D eigenvalue weighted by atomic mass is 10.0. The minimum absolute atomic E-state index is 0.0140. The fourth-order valence-electron chi connectivity index (χ4n) is 6.36. The summed E-state index contributed by atoms with van der Waals surface area (Å²) in [5.74, 6) is -1.00. The summed E-state index contributed by atoms with van der Waals surface area (Å²) in [5, 5.41) is 0. The van der Waals surface area contributed by atoms with E-state index in [9.17, 15) is 19.0 Å². The number of esters is 2. The Balaban J connectivity index is 1.62. The van der Waals surface area contributed by atoms with Gasteiger partial charge in [0.25, 0.3) is 0 Å². The largest absolute Gasteiger partial charge is 0.472 e. The fourth-order valence-corrected chi connectivity index (χ4v) is 15.5. The van der Waals surface area contributed by atoms with E-state index >= 15 is 0 Å². The molecule has 2 aromatic rings. The van der Waals surface area contributed by atoms with Crippen LogP contribution in [0.4, 0.5) is 0 Å². The SMILES string of the molecule is C[N+](C)(C)CCOP(=O)(O)OC(COC(=O)C/C=C\CCCCCCCCCc1c(I)cc(I)cc1I)COC(=O)C/C=C\CCCCCCCCCc1c(I)cc(I)cc1I. The number of likely N-dealkylation sites (N-methyl/N-ethyl adjacent to an activating group) is 1. The van der Waals surface area contributed by atoms with Gasteiger partial charge in [-0.05, 0) is 222 Å². The highest BCUT2D eigenvalue weighted by Gasteiger charge is 2.29. The van der Waals surface area contributed by atoms with E-state index in [1.807, 2.05) is 33.3 Å². The summed E-state index contributed by atoms with van der Waals surface area (Å²) >= 11 is 14.6. The Morgan fingerprint density at radius 1 is 0.597 bits per heavy atom. The van der Waals surface area contributed by atoms with Crippen LogP contribution in [-0.2, 0) is 45.5 Å². The van der Waals surface area contributed by atoms with Crippen molar-refractivity contribution >= 4 is 155 Å². The molecular formula is C46H67I6NO8P+. The summed E-state index contributed by atoms with van der Waals surface area (Å²) in [7, 11) is 1.30. The van der Waals surface area contributed by atoms with E-state index in [4.69, 9.17) is 18.5 Å². The molecule has 0 spiro atoms. The number of nitrogens with zero attached hydrogens (tertiary/aromatic N) is 1. The molecule has 62 heavy (non-hydrogen) atoms. The van der Waals surface area contributed by atoms with E-state index in [1.165, 1.54) is 96.8 Å². The number of phosphoric acid groups is 1. The number of carbonyl (C=O) groups is 2. The number of allylic oxidation sites excluding steroid dienone is 2. The molecule has 0 heterocycles. The minimum atomic E-state index is -4.51. The first-order valence-corrected chi connectivity index (χ1v) is 29.8. The van der Waals surface area contributed by atoms with Crippen molar-refractivity contribution in [1.82, 2.24) is 0 Å². The van der Waals surface area contributed by atoms with E-state index in [1.54, 1.807) is 12.2 Å². The first-order chi connectivity index (χ1) is 29.5. The Bertz CT molecular complexity index is 1590. The molecule has 0 radical (unpaired) electrons. The Kier molecular flexibility index (Phi) is 33.1. The van der Waals surface area contributed by atoms with Gasteiger partial charge in [0.2, 0.25) is 0 Å². The third-order valence-corrected chi connectivity index (χ3v) is 16.0. The van der Waals surface area contributed by atoms with Gasteiger partial charge in [-0.1, -0.05) is 88.5 Å². The van der Waals surface area contributed by atoms with Gasteiger partial charge in [0.1, 0.15) is 32.5 Å². The van der Waals surface area contributed by atoms with Gasteiger partial charge in [-0.15, -0.1) is 0 Å². The maximum Gasteiger partial charge on any atom is 0.472 e. The van der Waals surface area contributed by atoms with E-state index < -0.39 is 25.9 Å². The molecule has 0 saturated carbocycles. The minimum Gasteiger partial charge on any atom is -0.463 e. The predicted octanol–water partition coefficient (Wildman–Crippen LogP) is 14.5. The third kappa shape index (κ3) is 29.9. The van der Waals surface area contributed by atoms with Crippen LogP contribution in [0, 0.1) is 21.4 Å². The summed E-state index contributed by atoms with van der Waals surface area (Å²) in [6.45, 7) is -0.246. The molecule has 1 N–H and O–H groups in total. The summed E-state index contributed by atoms with van der Waals surface area (Å²) in [4.78, 5) is 35.4. The molecule has 2 aromatic carbocycles. The summed E-state index contributed by atoms with van der Waals surface area (Å²) in [5.41, 5.74) is 2.96. The van der Waals surface area contributed by atoms with E-state index in [2.05, 4.69) is 160 Å². The van der Waals surface area contributed by atoms with Crippen LogP contribution in [0.1, 0.15) is 127 Å². The van der Waals surface area contributed by atoms with Gasteiger partial charge < -0.3 is 18.9 Å². The molecule has 0 aromatic heterocycles. The number of phosphoric ester groups is 1. The van der Waals surface area contributed by atoms with Crippen molar-refractivity contribution in [3.05, 3.63) is 81.1 Å². The van der Waals surface area contributed by atoms with Crippen molar-refractivity contribution in [2.24, 2.45) is 0 Å². The molecule has 0 amide bonds. The molecule has 0 fully saturated rings. The van der Waals surface area contributed by atoms with Gasteiger partial charge in [0, 0.05) is 21.4 Å². The first-order valence-electron chi connectivity index (χ1n) is 21.8. The fraction of sp³-hybridized carbons (Fsp3) is 0.609. The number of hydrogen-bond donors (Lipinski definition) is 1. The quantitative estimate of drug-likeness (QED) is 0.0184. The number of quaternary nitrogens is 1. The zero-order chi connectivity index (χ0) is 45.8. The zero-order valence-corrected chi connectivity index (χ0v) is 50.5. The highest BCUT2D eigenvalue weighted by Crippen LogP contribution is 2.44. The lowest BCUT2D eigenvalue weighted by molar-refractivity contribution is -0.870. The molecule has 0 aliphatic heterocycles. The monoisotopic (exact) mass is 1550 g/mol. The Morgan fingerprint density at radius 2 is 0.952 bits per heavy atom. The summed E-state index contributed by atoms with van der Waals surface area (Å²) in [6, 6.07) is 9.02. The van der Waals surface area contributed by atoms with Crippen LogP contribution in [0.15, 0.2) is 48.6 Å². The molecule has 0 aliphatic rings. The maximum absolute atomic E-state index is 12.7. The van der Waals surface area contributed by atoms with Crippen molar-refractivity contribution in [3.8, 4) is 0 Å². The number of rotatable bonds is 34. The number of hydrogen-bond acceptors (Lipinski definition) is 7. The van der Waals surface area contributed by atoms with E-state index in [-0.39, 0.29) is 32.7 Å². The van der Waals surface area contributed by atoms with Crippen LogP contribution in [0.5, 0.6) is 0 Å². The van der Waals surface area contributed by atoms with E-state index in [0.717, 1.165) is 51.4 Å². The molecular weight excluding hydrogens is 1490 g/mol. The van der Waals surface area contributed by atoms with Gasteiger partial charge in [-0.25, -0.2) is 4.57 Å². The molecule has 2 rings (SSSR count). The number of benzene rings is 2. The molecule has 350 valence electrons. The van der Waals surface area contributed by atoms with Gasteiger partial charge in [-0.2, -0.15) is 0 Å². The second-order valence-corrected chi connectivity index (χ2v) is 25.0. The lowest BCUT2D eigenvalue weighted by Crippen LogP contribution is -2.37. The highest BCUT2D eigenvalue weighted by molar-refractivity contribution is 14.1. The average molecular weight is 1550 g/mol. The van der Waals surface area contributed by atoms with Crippen LogP contribution in [-0.4, -0.2) is 74.9 Å². The molecule has 1 unspecified atom stereocenters. The third-order valence-electron chi connectivity index (χ3n) is 9.87. The predicted molar refractivity (Wildman–Crippen MR) is 303 cm³/mol. The lowest BCUT2D eigenvalue weighted by Gasteiger charge is -2.25. The Labute approximate surface area is 454 Å². The maximum atomic E-state index is 12.7. The first kappa shape index (κ1) is 59.4. The molecule has 0 bridgehead atoms. The Hall–Kier alpha value is 1.31. The van der Waals surface area contributed by atoms with Crippen molar-refractivity contribution in [3.63, 3.8) is 0 Å². The molecule has 0 aliphatic carbocycles. The van der Waals surface area contributed by atoms with Crippen molar-refractivity contribution in [1.29, 1.82) is 0 Å². The highest BCUT2D eigenvalue weighted by atomic mass is 127. The molecule has 1 atom stereocenters. The number of halogens is 6. The average Bonchev–Trinajstić information content (AvgIpc) is 3.17. The van der Waals surface area contributed by atoms with Crippen molar-refractivity contribution < 1.29 is 42.1 Å². The van der Waals surface area contributed by atoms with Crippen LogP contribution < -0.4 is 0 Å². The normalized spacial score (nSPS) is 13.1. The molecule has 9 nitrogen and oxygen atoms in total. The molecule has 0 saturated heterocycles. The smallest absolute Gasteiger partial charge is 0.463 e. The van der Waals surface area contributed by atoms with E-state index in [0.29, 0.717) is 11.0 Å². The second-order valence-electron chi connectivity index (χ2n) is 16.5. The van der Waals surface area contributed by atoms with Gasteiger partial charge in [0.05, 0.1) is 34.0 Å². The van der Waals surface area contributed by atoms with Gasteiger partial charge in [0.15, 0.2) is 0 Å². The standard InChI is InChI=1S/C46H66I6NO8P/c1-53(2,3)28-29-60-62(56,57)61-38(34-58-45(54)26-22-18-14-10-6-4-8-12-16-20-24-39-41(49)30-36(47)31-42(39)50)35-59-46(55)27-23-19-15-11-7-5-9-13-17-21-25-40-43(51)32-37(48)33-44(40)52/h18-19,22-23,30-33,38H,4-17,20-21,24-29,34-35H2,1-3H3/p+1/b22-18-,23-19-. The van der Waals surface area contributed by atoms with Gasteiger partial charge in [-0.3, -0.25) is 18.6 Å². The van der Waals surface area contributed by atoms with Crippen molar-refractivity contribution in [2.45, 2.75) is 135 Å². The van der Waals surface area contributed by atoms with Crippen LogP contribution in [0.3, 0.4) is 0 Å². The number of unbranched alkanes of at least 4 members (excludes halogenated alkanes) is 14. The zero-order valence-electron chi connectivity index (χ0n) is 36.6. The second kappa shape index (κ2) is 34.6. The van der Waals surface area contributed by atoms with Gasteiger partial charge >= 0.3 is 19.8 Å². The molecule has 16 heteroatoms. The summed E-state index contributed by atoms with van der Waals surface area (Å²) < 4.78 is 42.6. The topological polar surface area (TPSA) is 108 Å². The van der Waals surface area contributed by atoms with Crippen LogP contribution >= 0.6 is 143 Å². The Morgan fingerprint density at radius 3 is 1.32 bits per heavy atom. The van der Waals surface area contributed by atoms with Crippen LogP contribution in [0.2, 0.25) is 0 Å². The van der Waals surface area contributed by atoms with Crippen LogP contribution in [0.25, 0.3) is 0 Å². The number of ether oxygens (including phenoxy) is 2. The summed E-state index contributed by atoms with van der Waals surface area (Å²) in [6.07, 6.45) is 27.4. The van der Waals surface area contributed by atoms with Crippen molar-refractivity contribution in [2.75, 3.05) is 47.5 Å².